The van der Waals surface area contributed by atoms with Crippen LogP contribution in [-0.4, -0.2) is 40.7 Å². The van der Waals surface area contributed by atoms with Crippen LogP contribution in [0, 0.1) is 19.7 Å². The van der Waals surface area contributed by atoms with Crippen molar-refractivity contribution in [1.29, 1.82) is 0 Å². The monoisotopic (exact) mass is 457 g/mol. The molecule has 32 heavy (non-hydrogen) atoms. The van der Waals surface area contributed by atoms with Crippen LogP contribution in [0.15, 0.2) is 58.4 Å². The minimum atomic E-state index is -3.70. The molecule has 1 fully saturated rings. The molecule has 7 nitrogen and oxygen atoms in total. The van der Waals surface area contributed by atoms with Gasteiger partial charge in [-0.05, 0) is 63.1 Å². The number of pyridine rings is 1. The molecule has 4 rings (SSSR count). The molecule has 0 radical (unpaired) electrons. The summed E-state index contributed by atoms with van der Waals surface area (Å²) >= 11 is 0. The van der Waals surface area contributed by atoms with Crippen LogP contribution in [0.2, 0.25) is 0 Å². The Bertz CT molecular complexity index is 1330. The summed E-state index contributed by atoms with van der Waals surface area (Å²) in [4.78, 5) is 25.4. The molecule has 1 aromatic carbocycles. The van der Waals surface area contributed by atoms with Gasteiger partial charge in [-0.15, -0.1) is 0 Å². The summed E-state index contributed by atoms with van der Waals surface area (Å²) in [6.45, 7) is 4.24. The molecule has 9 heteroatoms. The van der Waals surface area contributed by atoms with Crippen molar-refractivity contribution in [1.82, 2.24) is 13.4 Å². The summed E-state index contributed by atoms with van der Waals surface area (Å²) in [5.74, 6) is -0.667. The quantitative estimate of drug-likeness (QED) is 0.533. The lowest BCUT2D eigenvalue weighted by Crippen LogP contribution is -2.30. The van der Waals surface area contributed by atoms with Gasteiger partial charge in [0, 0.05) is 48.0 Å². The van der Waals surface area contributed by atoms with E-state index in [1.165, 1.54) is 34.8 Å². The van der Waals surface area contributed by atoms with Crippen LogP contribution in [-0.2, 0) is 16.6 Å². The van der Waals surface area contributed by atoms with Crippen LogP contribution in [0.3, 0.4) is 0 Å². The van der Waals surface area contributed by atoms with E-state index in [1.54, 1.807) is 25.1 Å². The smallest absolute Gasteiger partial charge is 0.251 e. The zero-order chi connectivity index (χ0) is 23.0. The van der Waals surface area contributed by atoms with E-state index in [9.17, 15) is 22.4 Å². The number of carbonyl (C=O) groups excluding carboxylic acids is 1. The van der Waals surface area contributed by atoms with Crippen molar-refractivity contribution in [3.05, 3.63) is 81.8 Å². The van der Waals surface area contributed by atoms with Gasteiger partial charge in [0.2, 0.25) is 10.0 Å². The van der Waals surface area contributed by atoms with Crippen LogP contribution in [0.5, 0.6) is 0 Å². The number of sulfonamides is 1. The highest BCUT2D eigenvalue weighted by molar-refractivity contribution is 7.89. The molecular weight excluding hydrogens is 433 g/mol. The Kier molecular flexibility index (Phi) is 5.87. The van der Waals surface area contributed by atoms with Crippen molar-refractivity contribution < 1.29 is 17.6 Å². The summed E-state index contributed by atoms with van der Waals surface area (Å²) in [5, 5.41) is 0. The van der Waals surface area contributed by atoms with Crippen LogP contribution >= 0.6 is 0 Å². The lowest BCUT2D eigenvalue weighted by molar-refractivity contribution is 0.0970. The van der Waals surface area contributed by atoms with Gasteiger partial charge in [-0.2, -0.15) is 4.31 Å². The third-order valence-electron chi connectivity index (χ3n) is 5.79. The first-order valence-electron chi connectivity index (χ1n) is 10.4. The third-order valence-corrected chi connectivity index (χ3v) is 7.67. The van der Waals surface area contributed by atoms with Crippen molar-refractivity contribution in [2.24, 2.45) is 0 Å². The van der Waals surface area contributed by atoms with E-state index in [4.69, 9.17) is 0 Å². The molecule has 3 heterocycles. The molecule has 1 saturated heterocycles. The van der Waals surface area contributed by atoms with E-state index in [2.05, 4.69) is 0 Å². The summed E-state index contributed by atoms with van der Waals surface area (Å²) in [6, 6.07) is 10.1. The number of hydrogen-bond acceptors (Lipinski definition) is 4. The summed E-state index contributed by atoms with van der Waals surface area (Å²) < 4.78 is 43.3. The fraction of sp³-hybridized carbons (Fsp3) is 0.304. The van der Waals surface area contributed by atoms with Crippen LogP contribution in [0.25, 0.3) is 5.69 Å². The second-order valence-corrected chi connectivity index (χ2v) is 9.90. The summed E-state index contributed by atoms with van der Waals surface area (Å²) in [5.41, 5.74) is 2.14. The Morgan fingerprint density at radius 1 is 1.03 bits per heavy atom. The normalized spacial score (nSPS) is 14.7. The van der Waals surface area contributed by atoms with Gasteiger partial charge >= 0.3 is 0 Å². The van der Waals surface area contributed by atoms with Crippen LogP contribution in [0.4, 0.5) is 4.39 Å². The molecule has 168 valence electrons. The van der Waals surface area contributed by atoms with Crippen molar-refractivity contribution in [2.45, 2.75) is 38.1 Å². The Morgan fingerprint density at radius 2 is 1.69 bits per heavy atom. The van der Waals surface area contributed by atoms with Crippen molar-refractivity contribution in [3.63, 3.8) is 0 Å². The highest BCUT2D eigenvalue weighted by atomic mass is 32.2. The minimum Gasteiger partial charge on any atom is -0.318 e. The van der Waals surface area contributed by atoms with Gasteiger partial charge in [-0.1, -0.05) is 0 Å². The molecule has 2 aromatic heterocycles. The third kappa shape index (κ3) is 4.05. The maximum Gasteiger partial charge on any atom is 0.251 e. The number of carbonyl (C=O) groups is 1. The number of benzene rings is 1. The molecule has 0 N–H and O–H groups in total. The van der Waals surface area contributed by atoms with Gasteiger partial charge in [0.1, 0.15) is 5.82 Å². The first-order chi connectivity index (χ1) is 15.2. The standard InChI is InChI=1S/C23H24FN3O4S/c1-16-13-21(17(2)27(16)19-7-5-18(24)6-8-19)22(28)15-25-14-20(9-10-23(25)29)32(30,31)26-11-3-4-12-26/h5-10,13-14H,3-4,11-12,15H2,1-2H3. The molecule has 0 atom stereocenters. The number of ketones is 1. The average Bonchev–Trinajstić information content (AvgIpc) is 3.39. The Balaban J connectivity index is 1.64. The number of aromatic nitrogens is 2. The van der Waals surface area contributed by atoms with E-state index in [-0.39, 0.29) is 23.0 Å². The van der Waals surface area contributed by atoms with E-state index >= 15 is 0 Å². The zero-order valence-corrected chi connectivity index (χ0v) is 18.7. The van der Waals surface area contributed by atoms with E-state index < -0.39 is 15.6 Å². The van der Waals surface area contributed by atoms with Gasteiger partial charge in [0.15, 0.2) is 5.78 Å². The first kappa shape index (κ1) is 22.2. The second-order valence-electron chi connectivity index (χ2n) is 7.96. The summed E-state index contributed by atoms with van der Waals surface area (Å²) in [6.07, 6.45) is 2.86. The van der Waals surface area contributed by atoms with E-state index in [0.717, 1.165) is 28.8 Å². The summed E-state index contributed by atoms with van der Waals surface area (Å²) in [7, 11) is -3.70. The largest absolute Gasteiger partial charge is 0.318 e. The lowest BCUT2D eigenvalue weighted by Gasteiger charge is -2.16. The Morgan fingerprint density at radius 3 is 2.34 bits per heavy atom. The number of rotatable bonds is 6. The minimum absolute atomic E-state index is 0.00332. The number of aryl methyl sites for hydroxylation is 1. The van der Waals surface area contributed by atoms with E-state index in [1.807, 2.05) is 11.5 Å². The molecular formula is C23H24FN3O4S. The van der Waals surface area contributed by atoms with Gasteiger partial charge in [-0.3, -0.25) is 9.59 Å². The van der Waals surface area contributed by atoms with E-state index in [0.29, 0.717) is 24.3 Å². The number of nitrogens with zero attached hydrogens (tertiary/aromatic N) is 3. The second kappa shape index (κ2) is 8.48. The maximum atomic E-state index is 13.3. The maximum absolute atomic E-state index is 13.3. The SMILES string of the molecule is Cc1cc(C(=O)Cn2cc(S(=O)(=O)N3CCCC3)ccc2=O)c(C)n1-c1ccc(F)cc1. The van der Waals surface area contributed by atoms with Gasteiger partial charge in [0.25, 0.3) is 5.56 Å². The Hall–Kier alpha value is -3.04. The highest BCUT2D eigenvalue weighted by Crippen LogP contribution is 2.23. The molecule has 3 aromatic rings. The van der Waals surface area contributed by atoms with Crippen molar-refractivity contribution in [2.75, 3.05) is 13.1 Å². The topological polar surface area (TPSA) is 81.4 Å². The molecule has 0 bridgehead atoms. The van der Waals surface area contributed by atoms with Crippen LogP contribution < -0.4 is 5.56 Å². The zero-order valence-electron chi connectivity index (χ0n) is 17.9. The average molecular weight is 458 g/mol. The molecule has 1 aliphatic rings. The fourth-order valence-electron chi connectivity index (χ4n) is 4.14. The molecule has 0 aliphatic carbocycles. The molecule has 0 amide bonds. The Labute approximate surface area is 185 Å². The van der Waals surface area contributed by atoms with Gasteiger partial charge in [0.05, 0.1) is 11.4 Å². The first-order valence-corrected chi connectivity index (χ1v) is 11.8. The number of hydrogen-bond donors (Lipinski definition) is 0. The van der Waals surface area contributed by atoms with Crippen molar-refractivity contribution in [3.8, 4) is 5.69 Å². The predicted molar refractivity (Wildman–Crippen MR) is 118 cm³/mol. The van der Waals surface area contributed by atoms with Gasteiger partial charge in [-0.25, -0.2) is 12.8 Å². The lowest BCUT2D eigenvalue weighted by atomic mass is 10.1. The molecule has 0 unspecified atom stereocenters. The number of Topliss-reactive ketones (excluding diaryl/α,β-unsaturated/α-hetero) is 1. The fourth-order valence-corrected chi connectivity index (χ4v) is 5.67. The molecule has 0 spiro atoms. The van der Waals surface area contributed by atoms with Crippen LogP contribution in [0.1, 0.15) is 34.6 Å². The molecule has 0 saturated carbocycles. The van der Waals surface area contributed by atoms with Gasteiger partial charge < -0.3 is 9.13 Å². The highest BCUT2D eigenvalue weighted by Gasteiger charge is 2.28. The number of halogens is 1. The predicted octanol–water partition coefficient (Wildman–Crippen LogP) is 3.06. The van der Waals surface area contributed by atoms with Crippen molar-refractivity contribution >= 4 is 15.8 Å². The molecule has 1 aliphatic heterocycles.